The molecule has 0 radical (unpaired) electrons. The molecule has 0 N–H and O–H groups in total. The van der Waals surface area contributed by atoms with E-state index >= 15 is 0 Å². The molecule has 5 heteroatoms. The van der Waals surface area contributed by atoms with E-state index < -0.39 is 0 Å². The molecule has 1 saturated heterocycles. The lowest BCUT2D eigenvalue weighted by Gasteiger charge is -2.38. The van der Waals surface area contributed by atoms with Gasteiger partial charge >= 0.3 is 0 Å². The fourth-order valence-corrected chi connectivity index (χ4v) is 3.52. The number of halogens is 1. The molecule has 0 aromatic heterocycles. The highest BCUT2D eigenvalue weighted by atomic mass is 35.5. The molecule has 0 spiro atoms. The van der Waals surface area contributed by atoms with Gasteiger partial charge in [0.15, 0.2) is 0 Å². The molecule has 0 atom stereocenters. The van der Waals surface area contributed by atoms with E-state index in [4.69, 9.17) is 4.74 Å². The average molecular weight is 375 g/mol. The summed E-state index contributed by atoms with van der Waals surface area (Å²) in [7, 11) is 1.57. The van der Waals surface area contributed by atoms with E-state index in [2.05, 4.69) is 35.2 Å². The summed E-state index contributed by atoms with van der Waals surface area (Å²) in [6.45, 7) is 3.11. The first-order valence-corrected chi connectivity index (χ1v) is 8.90. The van der Waals surface area contributed by atoms with E-state index in [1.807, 2.05) is 35.2 Å². The SMILES string of the molecule is COCC(=O)N(c1ccccc1)C1CCN(Cc2ccccc2)CC1.Cl. The van der Waals surface area contributed by atoms with Crippen LogP contribution in [-0.4, -0.2) is 43.7 Å². The molecular weight excluding hydrogens is 348 g/mol. The molecule has 4 nitrogen and oxygen atoms in total. The van der Waals surface area contributed by atoms with Gasteiger partial charge in [-0.05, 0) is 30.5 Å². The predicted octanol–water partition coefficient (Wildman–Crippen LogP) is 3.75. The van der Waals surface area contributed by atoms with E-state index in [1.165, 1.54) is 5.56 Å². The fourth-order valence-electron chi connectivity index (χ4n) is 3.52. The van der Waals surface area contributed by atoms with Crippen molar-refractivity contribution >= 4 is 24.0 Å². The van der Waals surface area contributed by atoms with Crippen LogP contribution in [0.4, 0.5) is 5.69 Å². The summed E-state index contributed by atoms with van der Waals surface area (Å²) in [4.78, 5) is 17.0. The molecular formula is C21H27ClN2O2. The van der Waals surface area contributed by atoms with Gasteiger partial charge < -0.3 is 9.64 Å². The first kappa shape index (κ1) is 20.4. The van der Waals surface area contributed by atoms with Crippen LogP contribution in [0.15, 0.2) is 60.7 Å². The molecule has 0 aliphatic carbocycles. The molecule has 1 fully saturated rings. The van der Waals surface area contributed by atoms with Crippen LogP contribution < -0.4 is 4.90 Å². The second-order valence-corrected chi connectivity index (χ2v) is 6.53. The smallest absolute Gasteiger partial charge is 0.253 e. The topological polar surface area (TPSA) is 32.8 Å². The molecule has 1 aliphatic heterocycles. The Morgan fingerprint density at radius 1 is 1.04 bits per heavy atom. The minimum absolute atomic E-state index is 0. The van der Waals surface area contributed by atoms with Crippen molar-refractivity contribution < 1.29 is 9.53 Å². The quantitative estimate of drug-likeness (QED) is 0.771. The van der Waals surface area contributed by atoms with Crippen LogP contribution in [0.3, 0.4) is 0 Å². The van der Waals surface area contributed by atoms with Gasteiger partial charge in [0.25, 0.3) is 5.91 Å². The summed E-state index contributed by atoms with van der Waals surface area (Å²) in [5, 5.41) is 0. The second kappa shape index (κ2) is 10.3. The van der Waals surface area contributed by atoms with E-state index in [0.717, 1.165) is 38.2 Å². The Kier molecular flexibility index (Phi) is 8.10. The number of carbonyl (C=O) groups is 1. The number of para-hydroxylation sites is 1. The van der Waals surface area contributed by atoms with Gasteiger partial charge in [-0.3, -0.25) is 9.69 Å². The largest absolute Gasteiger partial charge is 0.375 e. The third-order valence-electron chi connectivity index (χ3n) is 4.74. The molecule has 26 heavy (non-hydrogen) atoms. The zero-order valence-corrected chi connectivity index (χ0v) is 16.0. The van der Waals surface area contributed by atoms with Gasteiger partial charge in [0.1, 0.15) is 6.61 Å². The van der Waals surface area contributed by atoms with Crippen LogP contribution in [0.25, 0.3) is 0 Å². The summed E-state index contributed by atoms with van der Waals surface area (Å²) >= 11 is 0. The van der Waals surface area contributed by atoms with Crippen molar-refractivity contribution in [2.75, 3.05) is 31.7 Å². The number of hydrogen-bond acceptors (Lipinski definition) is 3. The molecule has 0 saturated carbocycles. The molecule has 0 unspecified atom stereocenters. The number of ether oxygens (including phenoxy) is 1. The number of piperidine rings is 1. The van der Waals surface area contributed by atoms with Gasteiger partial charge in [0, 0.05) is 38.5 Å². The van der Waals surface area contributed by atoms with Gasteiger partial charge in [0.05, 0.1) is 0 Å². The van der Waals surface area contributed by atoms with Gasteiger partial charge in [-0.2, -0.15) is 0 Å². The maximum Gasteiger partial charge on any atom is 0.253 e. The van der Waals surface area contributed by atoms with Crippen molar-refractivity contribution in [3.8, 4) is 0 Å². The van der Waals surface area contributed by atoms with Crippen LogP contribution in [0, 0.1) is 0 Å². The predicted molar refractivity (Wildman–Crippen MR) is 108 cm³/mol. The summed E-state index contributed by atoms with van der Waals surface area (Å²) in [5.74, 6) is 0.0372. The molecule has 1 aliphatic rings. The normalized spacial score (nSPS) is 15.3. The van der Waals surface area contributed by atoms with Gasteiger partial charge in [0.2, 0.25) is 0 Å². The molecule has 140 valence electrons. The Morgan fingerprint density at radius 3 is 2.19 bits per heavy atom. The Bertz CT molecular complexity index is 658. The molecule has 1 heterocycles. The summed E-state index contributed by atoms with van der Waals surface area (Å²) < 4.78 is 5.10. The highest BCUT2D eigenvalue weighted by Crippen LogP contribution is 2.24. The fraction of sp³-hybridized carbons (Fsp3) is 0.381. The van der Waals surface area contributed by atoms with Crippen molar-refractivity contribution in [2.45, 2.75) is 25.4 Å². The molecule has 2 aromatic rings. The van der Waals surface area contributed by atoms with E-state index in [1.54, 1.807) is 7.11 Å². The number of benzene rings is 2. The number of carbonyl (C=O) groups excluding carboxylic acids is 1. The minimum Gasteiger partial charge on any atom is -0.375 e. The maximum atomic E-state index is 12.6. The standard InChI is InChI=1S/C21H26N2O2.ClH/c1-25-17-21(24)23(19-10-6-3-7-11-19)20-12-14-22(15-13-20)16-18-8-4-2-5-9-18;/h2-11,20H,12-17H2,1H3;1H. The van der Waals surface area contributed by atoms with Crippen LogP contribution in [0.5, 0.6) is 0 Å². The first-order valence-electron chi connectivity index (χ1n) is 8.90. The molecule has 1 amide bonds. The van der Waals surface area contributed by atoms with E-state index in [-0.39, 0.29) is 31.0 Å². The summed E-state index contributed by atoms with van der Waals surface area (Å²) in [6, 6.07) is 20.7. The second-order valence-electron chi connectivity index (χ2n) is 6.53. The summed E-state index contributed by atoms with van der Waals surface area (Å²) in [5.41, 5.74) is 2.31. The number of nitrogens with zero attached hydrogens (tertiary/aromatic N) is 2. The van der Waals surface area contributed by atoms with Crippen molar-refractivity contribution in [3.05, 3.63) is 66.2 Å². The van der Waals surface area contributed by atoms with Crippen LogP contribution in [0.1, 0.15) is 18.4 Å². The Morgan fingerprint density at radius 2 is 1.62 bits per heavy atom. The molecule has 3 rings (SSSR count). The van der Waals surface area contributed by atoms with Crippen LogP contribution >= 0.6 is 12.4 Å². The third-order valence-corrected chi connectivity index (χ3v) is 4.74. The number of likely N-dealkylation sites (tertiary alicyclic amines) is 1. The highest BCUT2D eigenvalue weighted by molar-refractivity contribution is 5.94. The van der Waals surface area contributed by atoms with Gasteiger partial charge in [-0.1, -0.05) is 48.5 Å². The third kappa shape index (κ3) is 5.31. The minimum atomic E-state index is 0. The number of anilines is 1. The summed E-state index contributed by atoms with van der Waals surface area (Å²) in [6.07, 6.45) is 1.97. The lowest BCUT2D eigenvalue weighted by atomic mass is 10.0. The van der Waals surface area contributed by atoms with Crippen molar-refractivity contribution in [3.63, 3.8) is 0 Å². The monoisotopic (exact) mass is 374 g/mol. The highest BCUT2D eigenvalue weighted by Gasteiger charge is 2.28. The Hall–Kier alpha value is -1.88. The van der Waals surface area contributed by atoms with Gasteiger partial charge in [-0.15, -0.1) is 12.4 Å². The number of hydrogen-bond donors (Lipinski definition) is 0. The number of rotatable bonds is 6. The Labute approximate surface area is 162 Å². The van der Waals surface area contributed by atoms with E-state index in [0.29, 0.717) is 0 Å². The van der Waals surface area contributed by atoms with Crippen molar-refractivity contribution in [1.82, 2.24) is 4.90 Å². The van der Waals surface area contributed by atoms with Crippen LogP contribution in [-0.2, 0) is 16.1 Å². The van der Waals surface area contributed by atoms with E-state index in [9.17, 15) is 4.79 Å². The average Bonchev–Trinajstić information content (AvgIpc) is 2.65. The lowest BCUT2D eigenvalue weighted by molar-refractivity contribution is -0.122. The zero-order valence-electron chi connectivity index (χ0n) is 15.2. The van der Waals surface area contributed by atoms with Crippen molar-refractivity contribution in [1.29, 1.82) is 0 Å². The zero-order chi connectivity index (χ0) is 17.5. The lowest BCUT2D eigenvalue weighted by Crippen LogP contribution is -2.48. The Balaban J connectivity index is 0.00000243. The molecule has 0 bridgehead atoms. The number of amides is 1. The van der Waals surface area contributed by atoms with Crippen LogP contribution in [0.2, 0.25) is 0 Å². The molecule has 2 aromatic carbocycles. The number of methoxy groups -OCH3 is 1. The maximum absolute atomic E-state index is 12.6. The van der Waals surface area contributed by atoms with Gasteiger partial charge in [-0.25, -0.2) is 0 Å². The van der Waals surface area contributed by atoms with Crippen molar-refractivity contribution in [2.24, 2.45) is 0 Å². The first-order chi connectivity index (χ1) is 12.3.